The van der Waals surface area contributed by atoms with Gasteiger partial charge in [-0.1, -0.05) is 6.07 Å². The molecule has 7 heteroatoms. The third-order valence-electron chi connectivity index (χ3n) is 4.33. The van der Waals surface area contributed by atoms with Gasteiger partial charge in [0, 0.05) is 25.7 Å². The highest BCUT2D eigenvalue weighted by Gasteiger charge is 2.36. The third-order valence-corrected chi connectivity index (χ3v) is 4.33. The Morgan fingerprint density at radius 2 is 1.36 bits per heavy atom. The topological polar surface area (TPSA) is 77.8 Å². The zero-order chi connectivity index (χ0) is 18.1. The number of Topliss-reactive ketones (excluding diaryl/α,β-unsaturated/α-hetero) is 2. The number of hydrogen-bond acceptors (Lipinski definition) is 5. The van der Waals surface area contributed by atoms with Crippen molar-refractivity contribution in [2.24, 2.45) is 0 Å². The van der Waals surface area contributed by atoms with Crippen LogP contribution in [-0.2, 0) is 9.59 Å². The zero-order valence-corrected chi connectivity index (χ0v) is 13.4. The van der Waals surface area contributed by atoms with Crippen molar-refractivity contribution >= 4 is 17.3 Å². The van der Waals surface area contributed by atoms with Crippen LogP contribution in [0.2, 0.25) is 0 Å². The largest absolute Gasteiger partial charge is 0.510 e. The molecule has 2 aliphatic rings. The maximum atomic E-state index is 14.4. The number of hydrogen-bond donors (Lipinski definition) is 2. The van der Waals surface area contributed by atoms with Crippen LogP contribution in [0.5, 0.6) is 0 Å². The first-order valence-electron chi connectivity index (χ1n) is 8.06. The lowest BCUT2D eigenvalue weighted by Gasteiger charge is -2.32. The molecule has 25 heavy (non-hydrogen) atoms. The maximum Gasteiger partial charge on any atom is 0.183 e. The van der Waals surface area contributed by atoms with E-state index in [0.29, 0.717) is 12.8 Å². The summed E-state index contributed by atoms with van der Waals surface area (Å²) in [5, 5.41) is 20.4. The molecular weight excluding hydrogens is 332 g/mol. The van der Waals surface area contributed by atoms with Crippen LogP contribution in [-0.4, -0.2) is 21.8 Å². The summed E-state index contributed by atoms with van der Waals surface area (Å²) in [7, 11) is 0. The molecule has 1 aromatic carbocycles. The van der Waals surface area contributed by atoms with E-state index in [1.54, 1.807) is 0 Å². The molecule has 0 bridgehead atoms. The molecule has 0 saturated heterocycles. The average Bonchev–Trinajstić information content (AvgIpc) is 2.56. The first-order valence-corrected chi connectivity index (χ1v) is 8.06. The highest BCUT2D eigenvalue weighted by atomic mass is 19.2. The molecule has 0 unspecified atom stereocenters. The minimum absolute atomic E-state index is 0.106. The van der Waals surface area contributed by atoms with Gasteiger partial charge in [0.1, 0.15) is 22.9 Å². The van der Waals surface area contributed by atoms with Crippen molar-refractivity contribution in [3.05, 3.63) is 52.7 Å². The van der Waals surface area contributed by atoms with Crippen LogP contribution < -0.4 is 4.90 Å². The Labute approximate surface area is 142 Å². The molecule has 2 N–H and O–H groups in total. The summed E-state index contributed by atoms with van der Waals surface area (Å²) in [4.78, 5) is 25.6. The van der Waals surface area contributed by atoms with Gasteiger partial charge < -0.3 is 10.2 Å². The van der Waals surface area contributed by atoms with Crippen molar-refractivity contribution in [2.45, 2.75) is 38.5 Å². The van der Waals surface area contributed by atoms with Crippen LogP contribution in [0, 0.1) is 11.6 Å². The molecule has 132 valence electrons. The van der Waals surface area contributed by atoms with Gasteiger partial charge in [0.2, 0.25) is 0 Å². The molecular formula is C18H17F2NO4. The SMILES string of the molecule is O=C1CCCC(O)=C1N(C1=C(O)CCCC1=O)c1cccc(F)c1F. The van der Waals surface area contributed by atoms with Crippen LogP contribution in [0.15, 0.2) is 41.1 Å². The lowest BCUT2D eigenvalue weighted by atomic mass is 9.95. The standard InChI is InChI=1S/C18H17F2NO4/c19-10-4-1-5-11(16(10)20)21(17-12(22)6-2-7-13(17)23)18-14(24)8-3-9-15(18)25/h1,4-5,22,24H,2-3,6-9H2. The van der Waals surface area contributed by atoms with E-state index < -0.39 is 28.9 Å². The quantitative estimate of drug-likeness (QED) is 0.867. The van der Waals surface area contributed by atoms with Crippen LogP contribution in [0.25, 0.3) is 0 Å². The van der Waals surface area contributed by atoms with Crippen LogP contribution in [0.4, 0.5) is 14.5 Å². The summed E-state index contributed by atoms with van der Waals surface area (Å²) in [5.41, 5.74) is -0.964. The van der Waals surface area contributed by atoms with E-state index in [1.165, 1.54) is 12.1 Å². The normalized spacial score (nSPS) is 18.8. The predicted molar refractivity (Wildman–Crippen MR) is 85.9 cm³/mol. The number of aliphatic hydroxyl groups excluding tert-OH is 2. The van der Waals surface area contributed by atoms with Crippen molar-refractivity contribution in [3.63, 3.8) is 0 Å². The van der Waals surface area contributed by atoms with Gasteiger partial charge in [0.25, 0.3) is 0 Å². The van der Waals surface area contributed by atoms with E-state index in [2.05, 4.69) is 0 Å². The fourth-order valence-electron chi connectivity index (χ4n) is 3.15. The van der Waals surface area contributed by atoms with E-state index >= 15 is 0 Å². The Kier molecular flexibility index (Phi) is 4.57. The molecule has 0 heterocycles. The molecule has 1 aromatic rings. The molecule has 0 radical (unpaired) electrons. The summed E-state index contributed by atoms with van der Waals surface area (Å²) in [6, 6.07) is 3.34. The number of benzene rings is 1. The van der Waals surface area contributed by atoms with Gasteiger partial charge in [0.05, 0.1) is 5.69 Å². The summed E-state index contributed by atoms with van der Waals surface area (Å²) < 4.78 is 28.2. The highest BCUT2D eigenvalue weighted by Crippen LogP contribution is 2.37. The van der Waals surface area contributed by atoms with E-state index in [0.717, 1.165) is 11.0 Å². The second-order valence-electron chi connectivity index (χ2n) is 6.05. The van der Waals surface area contributed by atoms with Crippen molar-refractivity contribution in [1.82, 2.24) is 0 Å². The number of carbonyl (C=O) groups is 2. The second-order valence-corrected chi connectivity index (χ2v) is 6.05. The maximum absolute atomic E-state index is 14.4. The molecule has 0 aromatic heterocycles. The number of aliphatic hydroxyl groups is 2. The Morgan fingerprint density at radius 1 is 0.840 bits per heavy atom. The van der Waals surface area contributed by atoms with Gasteiger partial charge in [0.15, 0.2) is 23.2 Å². The Hall–Kier alpha value is -2.70. The number of allylic oxidation sites excluding steroid dienone is 4. The van der Waals surface area contributed by atoms with Gasteiger partial charge >= 0.3 is 0 Å². The number of nitrogens with zero attached hydrogens (tertiary/aromatic N) is 1. The highest BCUT2D eigenvalue weighted by molar-refractivity contribution is 6.07. The lowest BCUT2D eigenvalue weighted by molar-refractivity contribution is -0.116. The average molecular weight is 349 g/mol. The number of halogens is 2. The van der Waals surface area contributed by atoms with Crippen molar-refractivity contribution < 1.29 is 28.6 Å². The monoisotopic (exact) mass is 349 g/mol. The van der Waals surface area contributed by atoms with Crippen molar-refractivity contribution in [3.8, 4) is 0 Å². The van der Waals surface area contributed by atoms with Crippen molar-refractivity contribution in [2.75, 3.05) is 4.90 Å². The minimum atomic E-state index is -1.26. The third kappa shape index (κ3) is 3.01. The molecule has 0 atom stereocenters. The van der Waals surface area contributed by atoms with Gasteiger partial charge in [-0.15, -0.1) is 0 Å². The molecule has 3 rings (SSSR count). The van der Waals surface area contributed by atoms with E-state index in [1.807, 2.05) is 0 Å². The Morgan fingerprint density at radius 3 is 1.84 bits per heavy atom. The van der Waals surface area contributed by atoms with Gasteiger partial charge in [-0.25, -0.2) is 8.78 Å². The summed E-state index contributed by atoms with van der Waals surface area (Å²) in [6.45, 7) is 0. The summed E-state index contributed by atoms with van der Waals surface area (Å²) in [6.07, 6.45) is 1.41. The fraction of sp³-hybridized carbons (Fsp3) is 0.333. The first kappa shape index (κ1) is 17.1. The predicted octanol–water partition coefficient (Wildman–Crippen LogP) is 3.82. The number of ketones is 2. The molecule has 2 aliphatic carbocycles. The van der Waals surface area contributed by atoms with E-state index in [4.69, 9.17) is 0 Å². The number of anilines is 1. The van der Waals surface area contributed by atoms with Crippen molar-refractivity contribution in [1.29, 1.82) is 0 Å². The molecule has 0 fully saturated rings. The van der Waals surface area contributed by atoms with Gasteiger partial charge in [-0.3, -0.25) is 14.5 Å². The van der Waals surface area contributed by atoms with Crippen LogP contribution in [0.3, 0.4) is 0 Å². The summed E-state index contributed by atoms with van der Waals surface area (Å²) >= 11 is 0. The van der Waals surface area contributed by atoms with Gasteiger partial charge in [-0.05, 0) is 25.0 Å². The Balaban J connectivity index is 2.28. The van der Waals surface area contributed by atoms with E-state index in [9.17, 15) is 28.6 Å². The van der Waals surface area contributed by atoms with Crippen LogP contribution in [0.1, 0.15) is 38.5 Å². The fourth-order valence-corrected chi connectivity index (χ4v) is 3.15. The molecule has 0 spiro atoms. The number of carbonyl (C=O) groups excluding carboxylic acids is 2. The Bertz CT molecular complexity index is 771. The van der Waals surface area contributed by atoms with Gasteiger partial charge in [-0.2, -0.15) is 0 Å². The molecule has 0 amide bonds. The minimum Gasteiger partial charge on any atom is -0.510 e. The molecule has 0 saturated carbocycles. The zero-order valence-electron chi connectivity index (χ0n) is 13.4. The number of rotatable bonds is 3. The smallest absolute Gasteiger partial charge is 0.183 e. The first-order chi connectivity index (χ1) is 11.9. The molecule has 5 nitrogen and oxygen atoms in total. The summed E-state index contributed by atoms with van der Waals surface area (Å²) in [5.74, 6) is -4.02. The lowest BCUT2D eigenvalue weighted by Crippen LogP contribution is -2.36. The second kappa shape index (κ2) is 6.66. The van der Waals surface area contributed by atoms with Crippen LogP contribution >= 0.6 is 0 Å². The van der Waals surface area contributed by atoms with E-state index in [-0.39, 0.29) is 48.6 Å². The molecule has 0 aliphatic heterocycles.